The first-order chi connectivity index (χ1) is 9.09. The van der Waals surface area contributed by atoms with Gasteiger partial charge in [0.15, 0.2) is 0 Å². The molecule has 0 bridgehead atoms. The highest BCUT2D eigenvalue weighted by Gasteiger charge is 2.18. The first-order valence-corrected chi connectivity index (χ1v) is 6.72. The zero-order valence-corrected chi connectivity index (χ0v) is 11.7. The molecule has 100 valence electrons. The van der Waals surface area contributed by atoms with Crippen LogP contribution in [0.25, 0.3) is 0 Å². The second-order valence-electron chi connectivity index (χ2n) is 5.10. The predicted molar refractivity (Wildman–Crippen MR) is 80.6 cm³/mol. The van der Waals surface area contributed by atoms with Gasteiger partial charge in [-0.3, -0.25) is 0 Å². The van der Waals surface area contributed by atoms with Crippen molar-refractivity contribution in [3.63, 3.8) is 0 Å². The summed E-state index contributed by atoms with van der Waals surface area (Å²) in [7, 11) is 0. The Bertz CT molecular complexity index is 505. The van der Waals surface area contributed by atoms with E-state index < -0.39 is 0 Å². The molecule has 0 amide bonds. The minimum absolute atomic E-state index is 0.297. The highest BCUT2D eigenvalue weighted by Crippen LogP contribution is 2.30. The Morgan fingerprint density at radius 2 is 1.42 bits per heavy atom. The van der Waals surface area contributed by atoms with Crippen molar-refractivity contribution in [3.8, 4) is 5.75 Å². The third-order valence-corrected chi connectivity index (χ3v) is 3.40. The van der Waals surface area contributed by atoms with E-state index in [1.807, 2.05) is 18.2 Å². The zero-order chi connectivity index (χ0) is 13.8. The molecule has 0 heterocycles. The van der Waals surface area contributed by atoms with Gasteiger partial charge in [0.25, 0.3) is 0 Å². The Kier molecular flexibility index (Phi) is 4.10. The fraction of sp³-hybridized carbons (Fsp3) is 0.294. The molecule has 0 radical (unpaired) electrons. The molecule has 1 N–H and O–H groups in total. The van der Waals surface area contributed by atoms with Gasteiger partial charge in [0, 0.05) is 11.7 Å². The zero-order valence-electron chi connectivity index (χ0n) is 11.7. The minimum Gasteiger partial charge on any atom is -0.508 e. The van der Waals surface area contributed by atoms with E-state index in [2.05, 4.69) is 49.9 Å². The predicted octanol–water partition coefficient (Wildman–Crippen LogP) is 4.37. The molecule has 0 unspecified atom stereocenters. The quantitative estimate of drug-likeness (QED) is 0.877. The number of rotatable bonds is 4. The fourth-order valence-corrected chi connectivity index (χ4v) is 2.49. The van der Waals surface area contributed by atoms with Gasteiger partial charge < -0.3 is 10.0 Å². The molecule has 0 aliphatic carbocycles. The summed E-state index contributed by atoms with van der Waals surface area (Å²) >= 11 is 0. The number of benzene rings is 2. The number of phenols is 1. The summed E-state index contributed by atoms with van der Waals surface area (Å²) in [6, 6.07) is 18.6. The lowest BCUT2D eigenvalue weighted by atomic mass is 10.0. The molecule has 2 nitrogen and oxygen atoms in total. The monoisotopic (exact) mass is 255 g/mol. The summed E-state index contributed by atoms with van der Waals surface area (Å²) in [5.74, 6) is 0.305. The van der Waals surface area contributed by atoms with E-state index in [0.717, 1.165) is 5.69 Å². The molecule has 2 aromatic carbocycles. The van der Waals surface area contributed by atoms with Gasteiger partial charge in [-0.1, -0.05) is 30.3 Å². The second kappa shape index (κ2) is 5.79. The van der Waals surface area contributed by atoms with Crippen LogP contribution in [0.1, 0.15) is 32.4 Å². The van der Waals surface area contributed by atoms with Gasteiger partial charge in [-0.25, -0.2) is 0 Å². The third kappa shape index (κ3) is 3.08. The molecule has 0 aromatic heterocycles. The Morgan fingerprint density at radius 3 is 1.95 bits per heavy atom. The van der Waals surface area contributed by atoms with E-state index in [9.17, 15) is 5.11 Å². The number of phenolic OH excluding ortho intramolecular Hbond substituents is 1. The SMILES string of the molecule is CC(C)N(c1ccc(O)cc1)[C@H](C)c1ccccc1. The molecular formula is C17H21NO. The number of hydrogen-bond acceptors (Lipinski definition) is 2. The Hall–Kier alpha value is -1.96. The van der Waals surface area contributed by atoms with Crippen molar-refractivity contribution in [1.82, 2.24) is 0 Å². The molecule has 0 aliphatic rings. The van der Waals surface area contributed by atoms with Gasteiger partial charge in [-0.15, -0.1) is 0 Å². The smallest absolute Gasteiger partial charge is 0.115 e. The van der Waals surface area contributed by atoms with Crippen LogP contribution in [0.15, 0.2) is 54.6 Å². The second-order valence-corrected chi connectivity index (χ2v) is 5.10. The van der Waals surface area contributed by atoms with Crippen molar-refractivity contribution in [3.05, 3.63) is 60.2 Å². The van der Waals surface area contributed by atoms with Crippen LogP contribution in [-0.4, -0.2) is 11.1 Å². The molecular weight excluding hydrogens is 234 g/mol. The minimum atomic E-state index is 0.297. The lowest BCUT2D eigenvalue weighted by Gasteiger charge is -2.35. The van der Waals surface area contributed by atoms with Crippen LogP contribution < -0.4 is 4.90 Å². The van der Waals surface area contributed by atoms with Gasteiger partial charge in [0.2, 0.25) is 0 Å². The van der Waals surface area contributed by atoms with Crippen LogP contribution in [0, 0.1) is 0 Å². The Labute approximate surface area is 115 Å². The van der Waals surface area contributed by atoms with E-state index >= 15 is 0 Å². The van der Waals surface area contributed by atoms with Crippen LogP contribution >= 0.6 is 0 Å². The molecule has 1 atom stereocenters. The lowest BCUT2D eigenvalue weighted by molar-refractivity contribution is 0.475. The largest absolute Gasteiger partial charge is 0.508 e. The summed E-state index contributed by atoms with van der Waals surface area (Å²) < 4.78 is 0. The third-order valence-electron chi connectivity index (χ3n) is 3.40. The maximum absolute atomic E-state index is 9.41. The van der Waals surface area contributed by atoms with E-state index in [1.165, 1.54) is 5.56 Å². The van der Waals surface area contributed by atoms with Crippen LogP contribution in [0.4, 0.5) is 5.69 Å². The summed E-state index contributed by atoms with van der Waals surface area (Å²) in [6.07, 6.45) is 0. The molecule has 2 rings (SSSR count). The van der Waals surface area contributed by atoms with Crippen molar-refractivity contribution in [2.75, 3.05) is 4.90 Å². The van der Waals surface area contributed by atoms with Gasteiger partial charge >= 0.3 is 0 Å². The van der Waals surface area contributed by atoms with Crippen molar-refractivity contribution in [2.45, 2.75) is 32.9 Å². The Balaban J connectivity index is 2.33. The van der Waals surface area contributed by atoms with Gasteiger partial charge in [-0.05, 0) is 50.6 Å². The van der Waals surface area contributed by atoms with E-state index in [4.69, 9.17) is 0 Å². The number of aromatic hydroxyl groups is 1. The van der Waals surface area contributed by atoms with Crippen LogP contribution in [0.3, 0.4) is 0 Å². The number of hydrogen-bond donors (Lipinski definition) is 1. The topological polar surface area (TPSA) is 23.5 Å². The van der Waals surface area contributed by atoms with E-state index in [0.29, 0.717) is 17.8 Å². The molecule has 0 aliphatic heterocycles. The van der Waals surface area contributed by atoms with Crippen molar-refractivity contribution in [2.24, 2.45) is 0 Å². The summed E-state index contributed by atoms with van der Waals surface area (Å²) in [4.78, 5) is 2.36. The highest BCUT2D eigenvalue weighted by molar-refractivity contribution is 5.51. The molecule has 0 spiro atoms. The summed E-state index contributed by atoms with van der Waals surface area (Å²) in [6.45, 7) is 6.58. The van der Waals surface area contributed by atoms with E-state index in [-0.39, 0.29) is 0 Å². The van der Waals surface area contributed by atoms with E-state index in [1.54, 1.807) is 12.1 Å². The average molecular weight is 255 g/mol. The molecule has 19 heavy (non-hydrogen) atoms. The maximum Gasteiger partial charge on any atom is 0.115 e. The number of nitrogens with zero attached hydrogens (tertiary/aromatic N) is 1. The number of anilines is 1. The molecule has 0 fully saturated rings. The first kappa shape index (κ1) is 13.5. The van der Waals surface area contributed by atoms with Crippen LogP contribution in [-0.2, 0) is 0 Å². The maximum atomic E-state index is 9.41. The molecule has 0 saturated carbocycles. The Morgan fingerprint density at radius 1 is 0.842 bits per heavy atom. The summed E-state index contributed by atoms with van der Waals surface area (Å²) in [5.41, 5.74) is 2.42. The van der Waals surface area contributed by atoms with Gasteiger partial charge in [0.05, 0.1) is 6.04 Å². The normalized spacial score (nSPS) is 12.4. The van der Waals surface area contributed by atoms with Gasteiger partial charge in [-0.2, -0.15) is 0 Å². The lowest BCUT2D eigenvalue weighted by Crippen LogP contribution is -2.33. The van der Waals surface area contributed by atoms with Crippen LogP contribution in [0.5, 0.6) is 5.75 Å². The van der Waals surface area contributed by atoms with Gasteiger partial charge in [0.1, 0.15) is 5.75 Å². The van der Waals surface area contributed by atoms with Crippen molar-refractivity contribution < 1.29 is 5.11 Å². The van der Waals surface area contributed by atoms with Crippen molar-refractivity contribution in [1.29, 1.82) is 0 Å². The standard InChI is InChI=1S/C17H21NO/c1-13(2)18(16-9-11-17(19)12-10-16)14(3)15-7-5-4-6-8-15/h4-14,19H,1-3H3/t14-/m1/s1. The van der Waals surface area contributed by atoms with Crippen molar-refractivity contribution >= 4 is 5.69 Å². The highest BCUT2D eigenvalue weighted by atomic mass is 16.3. The average Bonchev–Trinajstić information content (AvgIpc) is 2.42. The first-order valence-electron chi connectivity index (χ1n) is 6.72. The molecule has 2 aromatic rings. The molecule has 0 saturated heterocycles. The summed E-state index contributed by atoms with van der Waals surface area (Å²) in [5, 5.41) is 9.41. The molecule has 2 heteroatoms. The van der Waals surface area contributed by atoms with Crippen LogP contribution in [0.2, 0.25) is 0 Å². The fourth-order valence-electron chi connectivity index (χ4n) is 2.49.